The van der Waals surface area contributed by atoms with Gasteiger partial charge in [-0.2, -0.15) is 13.2 Å². The molecular formula is C13H12F3N5O4. The topological polar surface area (TPSA) is 116 Å². The normalized spacial score (nSPS) is 11.3. The highest BCUT2D eigenvalue weighted by molar-refractivity contribution is 5.75. The van der Waals surface area contributed by atoms with Gasteiger partial charge >= 0.3 is 6.18 Å². The van der Waals surface area contributed by atoms with E-state index in [4.69, 9.17) is 0 Å². The van der Waals surface area contributed by atoms with Crippen molar-refractivity contribution >= 4 is 17.1 Å². The number of hydrogen-bond acceptors (Lipinski definition) is 6. The third-order valence-corrected chi connectivity index (χ3v) is 3.27. The Morgan fingerprint density at radius 3 is 2.20 bits per heavy atom. The summed E-state index contributed by atoms with van der Waals surface area (Å²) in [6.07, 6.45) is 0.270. The average Bonchev–Trinajstić information content (AvgIpc) is 3.03. The van der Waals surface area contributed by atoms with E-state index in [9.17, 15) is 33.4 Å². The van der Waals surface area contributed by atoms with E-state index in [0.29, 0.717) is 13.0 Å². The smallest absolute Gasteiger partial charge is 0.374 e. The van der Waals surface area contributed by atoms with Crippen LogP contribution in [0.5, 0.6) is 0 Å². The van der Waals surface area contributed by atoms with Crippen molar-refractivity contribution in [1.29, 1.82) is 0 Å². The van der Waals surface area contributed by atoms with Crippen molar-refractivity contribution in [2.24, 2.45) is 0 Å². The summed E-state index contributed by atoms with van der Waals surface area (Å²) >= 11 is 0. The van der Waals surface area contributed by atoms with Crippen LogP contribution in [0.3, 0.4) is 0 Å². The van der Waals surface area contributed by atoms with Crippen LogP contribution in [0.15, 0.2) is 30.9 Å². The number of aromatic nitrogens is 2. The molecule has 0 aliphatic heterocycles. The molecule has 0 aliphatic rings. The van der Waals surface area contributed by atoms with Gasteiger partial charge in [-0.25, -0.2) is 4.98 Å². The molecule has 0 amide bonds. The van der Waals surface area contributed by atoms with Gasteiger partial charge in [0.1, 0.15) is 0 Å². The number of rotatable bonds is 7. The lowest BCUT2D eigenvalue weighted by Gasteiger charge is -2.11. The van der Waals surface area contributed by atoms with E-state index in [1.807, 2.05) is 0 Å². The molecule has 0 radical (unpaired) electrons. The molecule has 0 aliphatic carbocycles. The number of nitrogens with zero attached hydrogens (tertiary/aromatic N) is 4. The van der Waals surface area contributed by atoms with Crippen molar-refractivity contribution in [3.63, 3.8) is 0 Å². The van der Waals surface area contributed by atoms with Gasteiger partial charge in [0.05, 0.1) is 21.7 Å². The van der Waals surface area contributed by atoms with E-state index < -0.39 is 38.6 Å². The van der Waals surface area contributed by atoms with Gasteiger partial charge < -0.3 is 9.88 Å². The number of anilines is 1. The second-order valence-electron chi connectivity index (χ2n) is 4.98. The van der Waals surface area contributed by atoms with Gasteiger partial charge in [0.25, 0.3) is 11.4 Å². The van der Waals surface area contributed by atoms with Gasteiger partial charge in [0.15, 0.2) is 5.69 Å². The largest absolute Gasteiger partial charge is 0.416 e. The van der Waals surface area contributed by atoms with Gasteiger partial charge in [0, 0.05) is 37.6 Å². The minimum atomic E-state index is -4.94. The summed E-state index contributed by atoms with van der Waals surface area (Å²) in [5.74, 6) is 0. The minimum Gasteiger partial charge on any atom is -0.374 e. The Labute approximate surface area is 138 Å². The molecule has 0 saturated carbocycles. The first-order chi connectivity index (χ1) is 11.7. The van der Waals surface area contributed by atoms with E-state index in [0.717, 1.165) is 0 Å². The summed E-state index contributed by atoms with van der Waals surface area (Å²) in [5, 5.41) is 24.6. The van der Waals surface area contributed by atoms with E-state index in [1.54, 1.807) is 23.3 Å². The number of nitro groups is 2. The summed E-state index contributed by atoms with van der Waals surface area (Å²) in [6.45, 7) is 0.570. The van der Waals surface area contributed by atoms with Crippen LogP contribution < -0.4 is 5.32 Å². The number of alkyl halides is 3. The lowest BCUT2D eigenvalue weighted by atomic mass is 10.1. The van der Waals surface area contributed by atoms with Gasteiger partial charge in [-0.3, -0.25) is 20.2 Å². The number of benzene rings is 1. The molecule has 0 saturated heterocycles. The maximum atomic E-state index is 12.8. The summed E-state index contributed by atoms with van der Waals surface area (Å²) in [4.78, 5) is 23.8. The maximum Gasteiger partial charge on any atom is 0.416 e. The quantitative estimate of drug-likeness (QED) is 0.461. The third-order valence-electron chi connectivity index (χ3n) is 3.27. The van der Waals surface area contributed by atoms with Crippen LogP contribution >= 0.6 is 0 Å². The van der Waals surface area contributed by atoms with Gasteiger partial charge in [0.2, 0.25) is 0 Å². The predicted molar refractivity (Wildman–Crippen MR) is 80.1 cm³/mol. The zero-order valence-electron chi connectivity index (χ0n) is 12.6. The van der Waals surface area contributed by atoms with Crippen LogP contribution in [0, 0.1) is 20.2 Å². The van der Waals surface area contributed by atoms with Crippen LogP contribution in [0.25, 0.3) is 0 Å². The molecule has 2 aromatic rings. The molecule has 1 heterocycles. The van der Waals surface area contributed by atoms with Crippen LogP contribution in [-0.4, -0.2) is 25.9 Å². The lowest BCUT2D eigenvalue weighted by molar-refractivity contribution is -0.392. The minimum absolute atomic E-state index is 0.0885. The lowest BCUT2D eigenvalue weighted by Crippen LogP contribution is -2.12. The van der Waals surface area contributed by atoms with Crippen LogP contribution in [0.1, 0.15) is 12.0 Å². The fraction of sp³-hybridized carbons (Fsp3) is 0.308. The van der Waals surface area contributed by atoms with Crippen LogP contribution in [-0.2, 0) is 12.7 Å². The average molecular weight is 359 g/mol. The highest BCUT2D eigenvalue weighted by Gasteiger charge is 2.37. The van der Waals surface area contributed by atoms with Gasteiger partial charge in [-0.1, -0.05) is 0 Å². The fourth-order valence-electron chi connectivity index (χ4n) is 2.14. The fourth-order valence-corrected chi connectivity index (χ4v) is 2.14. The summed E-state index contributed by atoms with van der Waals surface area (Å²) in [6, 6.07) is 0.566. The second kappa shape index (κ2) is 7.15. The number of nitro benzene ring substituents is 2. The summed E-state index contributed by atoms with van der Waals surface area (Å²) < 4.78 is 40.1. The van der Waals surface area contributed by atoms with Crippen molar-refractivity contribution in [3.05, 3.63) is 56.6 Å². The van der Waals surface area contributed by atoms with E-state index >= 15 is 0 Å². The van der Waals surface area contributed by atoms with E-state index in [-0.39, 0.29) is 18.7 Å². The molecule has 2 rings (SSSR count). The molecule has 0 bridgehead atoms. The Morgan fingerprint density at radius 2 is 1.76 bits per heavy atom. The SMILES string of the molecule is O=[N+]([O-])c1cc(C(F)(F)F)cc([N+](=O)[O-])c1NCCCn1ccnc1. The molecular weight excluding hydrogens is 347 g/mol. The van der Waals surface area contributed by atoms with E-state index in [1.165, 1.54) is 0 Å². The van der Waals surface area contributed by atoms with Crippen LogP contribution in [0.2, 0.25) is 0 Å². The number of nitrogens with one attached hydrogen (secondary N) is 1. The van der Waals surface area contributed by atoms with Gasteiger partial charge in [-0.15, -0.1) is 0 Å². The molecule has 0 atom stereocenters. The van der Waals surface area contributed by atoms with Crippen molar-refractivity contribution in [2.45, 2.75) is 19.1 Å². The summed E-state index contributed by atoms with van der Waals surface area (Å²) in [5.41, 5.74) is -3.99. The number of hydrogen-bond donors (Lipinski definition) is 1. The molecule has 0 unspecified atom stereocenters. The molecule has 0 fully saturated rings. The Balaban J connectivity index is 2.27. The van der Waals surface area contributed by atoms with Crippen molar-refractivity contribution in [2.75, 3.05) is 11.9 Å². The zero-order chi connectivity index (χ0) is 18.6. The first-order valence-electron chi connectivity index (χ1n) is 6.94. The number of imidazole rings is 1. The van der Waals surface area contributed by atoms with Crippen molar-refractivity contribution in [1.82, 2.24) is 9.55 Å². The first-order valence-corrected chi connectivity index (χ1v) is 6.94. The Bertz CT molecular complexity index is 741. The highest BCUT2D eigenvalue weighted by atomic mass is 19.4. The Hall–Kier alpha value is -3.18. The zero-order valence-corrected chi connectivity index (χ0v) is 12.6. The standard InChI is InChI=1S/C13H12F3N5O4/c14-13(15,16)9-6-10(20(22)23)12(11(7-9)21(24)25)18-2-1-4-19-5-3-17-8-19/h3,5-8,18H,1-2,4H2. The molecule has 1 aromatic heterocycles. The Morgan fingerprint density at radius 1 is 1.16 bits per heavy atom. The summed E-state index contributed by atoms with van der Waals surface area (Å²) in [7, 11) is 0. The molecule has 12 heteroatoms. The van der Waals surface area contributed by atoms with Crippen molar-refractivity contribution in [3.8, 4) is 0 Å². The van der Waals surface area contributed by atoms with Crippen LogP contribution in [0.4, 0.5) is 30.2 Å². The molecule has 9 nitrogen and oxygen atoms in total. The number of aryl methyl sites for hydroxylation is 1. The van der Waals surface area contributed by atoms with E-state index in [2.05, 4.69) is 10.3 Å². The predicted octanol–water partition coefficient (Wildman–Crippen LogP) is 3.22. The monoisotopic (exact) mass is 359 g/mol. The molecule has 1 aromatic carbocycles. The van der Waals surface area contributed by atoms with Crippen molar-refractivity contribution < 1.29 is 23.0 Å². The maximum absolute atomic E-state index is 12.8. The Kier molecular flexibility index (Phi) is 5.20. The molecule has 25 heavy (non-hydrogen) atoms. The molecule has 134 valence electrons. The third kappa shape index (κ3) is 4.43. The molecule has 0 spiro atoms. The first kappa shape index (κ1) is 18.2. The number of halogens is 3. The molecule has 1 N–H and O–H groups in total. The van der Waals surface area contributed by atoms with Gasteiger partial charge in [-0.05, 0) is 6.42 Å². The second-order valence-corrected chi connectivity index (χ2v) is 4.98. The highest BCUT2D eigenvalue weighted by Crippen LogP contribution is 2.41.